The zero-order chi connectivity index (χ0) is 11.2. The summed E-state index contributed by atoms with van der Waals surface area (Å²) in [5, 5.41) is 1.10. The maximum absolute atomic E-state index is 10.4. The highest BCUT2D eigenvalue weighted by atomic mass is 16.3. The van der Waals surface area contributed by atoms with Crippen LogP contribution in [0.25, 0.3) is 11.0 Å². The first-order chi connectivity index (χ1) is 7.77. The summed E-state index contributed by atoms with van der Waals surface area (Å²) in [5.41, 5.74) is 1.54. The van der Waals surface area contributed by atoms with Crippen molar-refractivity contribution >= 4 is 17.0 Å². The van der Waals surface area contributed by atoms with Crippen LogP contribution in [0.5, 0.6) is 0 Å². The molecule has 3 rings (SSSR count). The molecule has 80 valence electrons. The second-order valence-corrected chi connectivity index (χ2v) is 4.29. The summed E-state index contributed by atoms with van der Waals surface area (Å²) in [6.07, 6.45) is 3.41. The largest absolute Gasteiger partial charge is 0.458 e. The quantitative estimate of drug-likeness (QED) is 0.568. The van der Waals surface area contributed by atoms with Gasteiger partial charge in [-0.05, 0) is 25.8 Å². The summed E-state index contributed by atoms with van der Waals surface area (Å²) in [4.78, 5) is 14.3. The van der Waals surface area contributed by atoms with E-state index in [-0.39, 0.29) is 0 Å². The monoisotopic (exact) mass is 213 g/mol. The van der Waals surface area contributed by atoms with Gasteiger partial charge in [-0.1, -0.05) is 18.2 Å². The highest BCUT2D eigenvalue weighted by molar-refractivity contribution is 5.82. The van der Waals surface area contributed by atoms with Crippen molar-refractivity contribution in [2.75, 3.05) is 0 Å². The maximum Gasteiger partial charge on any atom is 0.235 e. The fourth-order valence-corrected chi connectivity index (χ4v) is 2.21. The Bertz CT molecular complexity index is 601. The average Bonchev–Trinajstić information content (AvgIpc) is 2.99. The molecule has 2 aromatic rings. The summed E-state index contributed by atoms with van der Waals surface area (Å²) in [6.45, 7) is 2.02. The van der Waals surface area contributed by atoms with Crippen molar-refractivity contribution in [1.29, 1.82) is 0 Å². The number of aryl methyl sites for hydroxylation is 1. The van der Waals surface area contributed by atoms with Crippen LogP contribution in [0.1, 0.15) is 24.2 Å². The van der Waals surface area contributed by atoms with Crippen molar-refractivity contribution < 1.29 is 9.21 Å². The van der Waals surface area contributed by atoms with E-state index < -0.39 is 5.54 Å². The summed E-state index contributed by atoms with van der Waals surface area (Å²) in [6, 6.07) is 7.89. The summed E-state index contributed by atoms with van der Waals surface area (Å²) in [7, 11) is 0. The molecule has 0 radical (unpaired) electrons. The van der Waals surface area contributed by atoms with E-state index in [0.29, 0.717) is 0 Å². The third-order valence-corrected chi connectivity index (χ3v) is 3.25. The molecule has 16 heavy (non-hydrogen) atoms. The van der Waals surface area contributed by atoms with Crippen LogP contribution in [0.15, 0.2) is 33.7 Å². The maximum atomic E-state index is 10.4. The zero-order valence-electron chi connectivity index (χ0n) is 8.99. The lowest BCUT2D eigenvalue weighted by molar-refractivity contribution is 0.478. The second-order valence-electron chi connectivity index (χ2n) is 4.29. The molecule has 0 bridgehead atoms. The van der Waals surface area contributed by atoms with Crippen molar-refractivity contribution in [3.8, 4) is 0 Å². The standard InChI is InChI=1S/C13H11NO2/c1-9-10-4-2-3-5-11(10)16-12(9)13(6-7-13)14-8-15/h2-5H,6-7H2,1H3. The van der Waals surface area contributed by atoms with Gasteiger partial charge in [0.2, 0.25) is 6.08 Å². The molecule has 1 aliphatic rings. The number of hydrogen-bond acceptors (Lipinski definition) is 3. The molecule has 1 aromatic carbocycles. The molecule has 0 N–H and O–H groups in total. The second kappa shape index (κ2) is 3.06. The summed E-state index contributed by atoms with van der Waals surface area (Å²) in [5.74, 6) is 0.831. The van der Waals surface area contributed by atoms with E-state index in [4.69, 9.17) is 4.42 Å². The molecule has 0 aliphatic heterocycles. The summed E-state index contributed by atoms with van der Waals surface area (Å²) >= 11 is 0. The fraction of sp³-hybridized carbons (Fsp3) is 0.308. The van der Waals surface area contributed by atoms with Crippen molar-refractivity contribution in [3.05, 3.63) is 35.6 Å². The van der Waals surface area contributed by atoms with Gasteiger partial charge < -0.3 is 4.42 Å². The first kappa shape index (κ1) is 9.37. The van der Waals surface area contributed by atoms with E-state index >= 15 is 0 Å². The van der Waals surface area contributed by atoms with Crippen LogP contribution in [0.4, 0.5) is 0 Å². The van der Waals surface area contributed by atoms with Gasteiger partial charge in [0.1, 0.15) is 16.9 Å². The number of fused-ring (bicyclic) bond motifs is 1. The van der Waals surface area contributed by atoms with Gasteiger partial charge in [0.05, 0.1) is 0 Å². The predicted molar refractivity (Wildman–Crippen MR) is 60.0 cm³/mol. The van der Waals surface area contributed by atoms with Gasteiger partial charge in [-0.15, -0.1) is 0 Å². The Morgan fingerprint density at radius 1 is 1.38 bits per heavy atom. The lowest BCUT2D eigenvalue weighted by atomic mass is 10.1. The predicted octanol–water partition coefficient (Wildman–Crippen LogP) is 3.07. The van der Waals surface area contributed by atoms with E-state index in [1.807, 2.05) is 31.2 Å². The lowest BCUT2D eigenvalue weighted by Gasteiger charge is -2.03. The van der Waals surface area contributed by atoms with Crippen LogP contribution in [-0.2, 0) is 10.3 Å². The van der Waals surface area contributed by atoms with Crippen LogP contribution in [-0.4, -0.2) is 6.08 Å². The van der Waals surface area contributed by atoms with Crippen molar-refractivity contribution in [3.63, 3.8) is 0 Å². The van der Waals surface area contributed by atoms with Crippen LogP contribution in [0.2, 0.25) is 0 Å². The molecule has 3 heteroatoms. The molecule has 0 spiro atoms. The van der Waals surface area contributed by atoms with Gasteiger partial charge in [-0.25, -0.2) is 4.79 Å². The van der Waals surface area contributed by atoms with Crippen LogP contribution in [0, 0.1) is 6.92 Å². The minimum absolute atomic E-state index is 0.412. The third-order valence-electron chi connectivity index (χ3n) is 3.25. The number of rotatable bonds is 2. The molecule has 0 amide bonds. The topological polar surface area (TPSA) is 42.6 Å². The van der Waals surface area contributed by atoms with Gasteiger partial charge in [0.15, 0.2) is 0 Å². The summed E-state index contributed by atoms with van der Waals surface area (Å²) < 4.78 is 5.81. The Kier molecular flexibility index (Phi) is 1.79. The van der Waals surface area contributed by atoms with Gasteiger partial charge in [-0.2, -0.15) is 4.99 Å². The van der Waals surface area contributed by atoms with E-state index in [2.05, 4.69) is 4.99 Å². The van der Waals surface area contributed by atoms with Crippen molar-refractivity contribution in [1.82, 2.24) is 0 Å². The Morgan fingerprint density at radius 2 is 2.12 bits per heavy atom. The number of hydrogen-bond donors (Lipinski definition) is 0. The fourth-order valence-electron chi connectivity index (χ4n) is 2.21. The number of furan rings is 1. The van der Waals surface area contributed by atoms with Crippen molar-refractivity contribution in [2.24, 2.45) is 4.99 Å². The Morgan fingerprint density at radius 3 is 2.75 bits per heavy atom. The van der Waals surface area contributed by atoms with E-state index in [9.17, 15) is 4.79 Å². The highest BCUT2D eigenvalue weighted by Crippen LogP contribution is 2.52. The molecule has 0 saturated heterocycles. The molecule has 1 fully saturated rings. The zero-order valence-corrected chi connectivity index (χ0v) is 8.99. The number of isocyanates is 1. The number of para-hydroxylation sites is 1. The molecule has 1 aliphatic carbocycles. The Hall–Kier alpha value is -1.86. The van der Waals surface area contributed by atoms with Crippen LogP contribution >= 0.6 is 0 Å². The first-order valence-corrected chi connectivity index (χ1v) is 5.34. The van der Waals surface area contributed by atoms with E-state index in [1.54, 1.807) is 6.08 Å². The minimum atomic E-state index is -0.412. The SMILES string of the molecule is Cc1c(C2(N=C=O)CC2)oc2ccccc12. The van der Waals surface area contributed by atoms with E-state index in [1.165, 1.54) is 0 Å². The molecule has 0 atom stereocenters. The minimum Gasteiger partial charge on any atom is -0.458 e. The first-order valence-electron chi connectivity index (χ1n) is 5.34. The van der Waals surface area contributed by atoms with Gasteiger partial charge in [0, 0.05) is 10.9 Å². The molecule has 1 saturated carbocycles. The number of aliphatic imine (C=N–C) groups is 1. The van der Waals surface area contributed by atoms with E-state index in [0.717, 1.165) is 35.1 Å². The Balaban J connectivity index is 2.25. The van der Waals surface area contributed by atoms with Crippen molar-refractivity contribution in [2.45, 2.75) is 25.3 Å². The third kappa shape index (κ3) is 1.15. The lowest BCUT2D eigenvalue weighted by Crippen LogP contribution is -2.01. The van der Waals surface area contributed by atoms with Crippen LogP contribution < -0.4 is 0 Å². The smallest absolute Gasteiger partial charge is 0.235 e. The molecular weight excluding hydrogens is 202 g/mol. The molecule has 0 unspecified atom stereocenters. The van der Waals surface area contributed by atoms with Gasteiger partial charge in [-0.3, -0.25) is 0 Å². The number of carbonyl (C=O) groups excluding carboxylic acids is 1. The van der Waals surface area contributed by atoms with Crippen LogP contribution in [0.3, 0.4) is 0 Å². The number of nitrogens with zero attached hydrogens (tertiary/aromatic N) is 1. The molecule has 3 nitrogen and oxygen atoms in total. The number of benzene rings is 1. The molecule has 1 aromatic heterocycles. The molecule has 1 heterocycles. The Labute approximate surface area is 92.8 Å². The van der Waals surface area contributed by atoms with Gasteiger partial charge in [0.25, 0.3) is 0 Å². The normalized spacial score (nSPS) is 17.1. The van der Waals surface area contributed by atoms with Gasteiger partial charge >= 0.3 is 0 Å². The average molecular weight is 213 g/mol. The highest BCUT2D eigenvalue weighted by Gasteiger charge is 2.49. The molecular formula is C13H11NO2.